The second-order valence-electron chi connectivity index (χ2n) is 7.86. The molecule has 29 heavy (non-hydrogen) atoms. The first-order valence-electron chi connectivity index (χ1n) is 9.83. The van der Waals surface area contributed by atoms with Crippen LogP contribution < -0.4 is 9.64 Å². The van der Waals surface area contributed by atoms with Crippen LogP contribution in [0.15, 0.2) is 48.5 Å². The van der Waals surface area contributed by atoms with E-state index in [4.69, 9.17) is 16.3 Å². The molecule has 1 heterocycles. The van der Waals surface area contributed by atoms with Gasteiger partial charge in [0, 0.05) is 10.6 Å². The molecule has 1 saturated carbocycles. The molecule has 0 spiro atoms. The van der Waals surface area contributed by atoms with Crippen molar-refractivity contribution in [1.29, 1.82) is 0 Å². The van der Waals surface area contributed by atoms with Crippen LogP contribution in [0, 0.1) is 17.8 Å². The maximum absolute atomic E-state index is 12.8. The minimum absolute atomic E-state index is 0.0986. The number of anilines is 1. The number of rotatable bonds is 5. The largest absolute Gasteiger partial charge is 0.485 e. The van der Waals surface area contributed by atoms with Crippen LogP contribution in [0.2, 0.25) is 5.02 Å². The zero-order valence-corrected chi connectivity index (χ0v) is 16.9. The Kier molecular flexibility index (Phi) is 5.41. The lowest BCUT2D eigenvalue weighted by Gasteiger charge is -2.25. The molecule has 2 aromatic carbocycles. The summed E-state index contributed by atoms with van der Waals surface area (Å²) in [5, 5.41) is 0.568. The number of hydrogen-bond acceptors (Lipinski definition) is 4. The molecule has 1 saturated heterocycles. The third-order valence-electron chi connectivity index (χ3n) is 5.82. The van der Waals surface area contributed by atoms with Gasteiger partial charge in [0.2, 0.25) is 11.8 Å². The average Bonchev–Trinajstić information content (AvgIpc) is 2.97. The van der Waals surface area contributed by atoms with E-state index in [1.54, 1.807) is 48.5 Å². The van der Waals surface area contributed by atoms with Gasteiger partial charge in [0.15, 0.2) is 12.4 Å². The van der Waals surface area contributed by atoms with Gasteiger partial charge in [-0.05, 0) is 73.7 Å². The molecule has 2 amide bonds. The van der Waals surface area contributed by atoms with Crippen molar-refractivity contribution >= 4 is 34.9 Å². The predicted octanol–water partition coefficient (Wildman–Crippen LogP) is 4.53. The minimum atomic E-state index is -0.195. The summed E-state index contributed by atoms with van der Waals surface area (Å²) < 4.78 is 5.56. The Morgan fingerprint density at radius 2 is 1.66 bits per heavy atom. The minimum Gasteiger partial charge on any atom is -0.485 e. The number of halogens is 1. The second kappa shape index (κ2) is 7.99. The quantitative estimate of drug-likeness (QED) is 0.535. The van der Waals surface area contributed by atoms with Crippen molar-refractivity contribution in [3.05, 3.63) is 59.1 Å². The molecule has 2 aliphatic rings. The number of fused-ring (bicyclic) bond motifs is 1. The highest BCUT2D eigenvalue weighted by Crippen LogP contribution is 2.42. The molecule has 1 aliphatic heterocycles. The molecule has 3 atom stereocenters. The summed E-state index contributed by atoms with van der Waals surface area (Å²) in [5.74, 6) is 0.236. The zero-order valence-electron chi connectivity index (χ0n) is 16.1. The monoisotopic (exact) mass is 411 g/mol. The highest BCUT2D eigenvalue weighted by molar-refractivity contribution is 6.30. The summed E-state index contributed by atoms with van der Waals surface area (Å²) in [7, 11) is 0. The number of nitrogens with zero attached hydrogens (tertiary/aromatic N) is 1. The van der Waals surface area contributed by atoms with Crippen molar-refractivity contribution in [2.24, 2.45) is 17.8 Å². The SMILES string of the molecule is C[C@@H]1CC[C@@H]2C(=O)N(c3ccc(OCC(=O)c4ccc(Cl)cc4)cc3)C(=O)[C@H]2C1. The lowest BCUT2D eigenvalue weighted by Crippen LogP contribution is -2.30. The summed E-state index contributed by atoms with van der Waals surface area (Å²) in [6.07, 6.45) is 2.54. The molecule has 0 N–H and O–H groups in total. The van der Waals surface area contributed by atoms with Gasteiger partial charge in [0.1, 0.15) is 5.75 Å². The number of carbonyl (C=O) groups is 3. The van der Waals surface area contributed by atoms with E-state index in [2.05, 4.69) is 6.92 Å². The predicted molar refractivity (Wildman–Crippen MR) is 110 cm³/mol. The van der Waals surface area contributed by atoms with E-state index >= 15 is 0 Å². The van der Waals surface area contributed by atoms with Crippen molar-refractivity contribution in [3.63, 3.8) is 0 Å². The zero-order chi connectivity index (χ0) is 20.5. The number of benzene rings is 2. The van der Waals surface area contributed by atoms with Crippen molar-refractivity contribution in [2.45, 2.75) is 26.2 Å². The van der Waals surface area contributed by atoms with E-state index in [1.807, 2.05) is 0 Å². The number of ether oxygens (including phenoxy) is 1. The first kappa shape index (κ1) is 19.6. The third kappa shape index (κ3) is 3.92. The molecular weight excluding hydrogens is 390 g/mol. The molecule has 2 aromatic rings. The average molecular weight is 412 g/mol. The smallest absolute Gasteiger partial charge is 0.237 e. The standard InChI is InChI=1S/C23H22ClNO4/c1-14-2-11-19-20(12-14)23(28)25(22(19)27)17-7-9-18(10-8-17)29-13-21(26)15-3-5-16(24)6-4-15/h3-10,14,19-20H,2,11-13H2,1H3/t14-,19+,20+/m1/s1. The maximum atomic E-state index is 12.8. The van der Waals surface area contributed by atoms with Gasteiger partial charge in [-0.3, -0.25) is 19.3 Å². The van der Waals surface area contributed by atoms with Gasteiger partial charge in [0.05, 0.1) is 17.5 Å². The molecule has 4 rings (SSSR count). The van der Waals surface area contributed by atoms with Gasteiger partial charge in [-0.1, -0.05) is 18.5 Å². The van der Waals surface area contributed by atoms with Crippen LogP contribution in [0.25, 0.3) is 0 Å². The maximum Gasteiger partial charge on any atom is 0.237 e. The summed E-state index contributed by atoms with van der Waals surface area (Å²) in [6.45, 7) is 2.03. The Labute approximate surface area is 174 Å². The molecule has 150 valence electrons. The second-order valence-corrected chi connectivity index (χ2v) is 8.29. The topological polar surface area (TPSA) is 63.7 Å². The van der Waals surface area contributed by atoms with Gasteiger partial charge in [-0.15, -0.1) is 0 Å². The number of imide groups is 1. The highest BCUT2D eigenvalue weighted by Gasteiger charge is 2.49. The van der Waals surface area contributed by atoms with Crippen molar-refractivity contribution in [1.82, 2.24) is 0 Å². The van der Waals surface area contributed by atoms with Gasteiger partial charge in [-0.2, -0.15) is 0 Å². The number of Topliss-reactive ketones (excluding diaryl/α,β-unsaturated/α-hetero) is 1. The van der Waals surface area contributed by atoms with E-state index in [1.165, 1.54) is 4.90 Å². The molecule has 0 bridgehead atoms. The molecular formula is C23H22ClNO4. The van der Waals surface area contributed by atoms with Gasteiger partial charge >= 0.3 is 0 Å². The van der Waals surface area contributed by atoms with Gasteiger partial charge in [-0.25, -0.2) is 0 Å². The van der Waals surface area contributed by atoms with Crippen molar-refractivity contribution in [3.8, 4) is 5.75 Å². The van der Waals surface area contributed by atoms with Gasteiger partial charge < -0.3 is 4.74 Å². The van der Waals surface area contributed by atoms with Crippen LogP contribution in [0.4, 0.5) is 5.69 Å². The molecule has 1 aliphatic carbocycles. The Bertz CT molecular complexity index is 938. The van der Waals surface area contributed by atoms with E-state index in [0.717, 1.165) is 19.3 Å². The lowest BCUT2D eigenvalue weighted by molar-refractivity contribution is -0.122. The van der Waals surface area contributed by atoms with Crippen LogP contribution in [-0.4, -0.2) is 24.2 Å². The molecule has 5 nitrogen and oxygen atoms in total. The summed E-state index contributed by atoms with van der Waals surface area (Å²) in [5.41, 5.74) is 1.08. The Balaban J connectivity index is 1.41. The first-order valence-corrected chi connectivity index (χ1v) is 10.2. The number of hydrogen-bond donors (Lipinski definition) is 0. The molecule has 0 radical (unpaired) electrons. The van der Waals surface area contributed by atoms with Crippen LogP contribution in [0.3, 0.4) is 0 Å². The van der Waals surface area contributed by atoms with E-state index in [-0.39, 0.29) is 36.0 Å². The summed E-state index contributed by atoms with van der Waals surface area (Å²) in [4.78, 5) is 39.1. The van der Waals surface area contributed by atoms with E-state index < -0.39 is 0 Å². The normalized spacial score (nSPS) is 23.8. The third-order valence-corrected chi connectivity index (χ3v) is 6.07. The number of ketones is 1. The fourth-order valence-corrected chi connectivity index (χ4v) is 4.33. The van der Waals surface area contributed by atoms with Crippen molar-refractivity contribution in [2.75, 3.05) is 11.5 Å². The van der Waals surface area contributed by atoms with Gasteiger partial charge in [0.25, 0.3) is 0 Å². The fraction of sp³-hybridized carbons (Fsp3) is 0.348. The highest BCUT2D eigenvalue weighted by atomic mass is 35.5. The molecule has 2 fully saturated rings. The van der Waals surface area contributed by atoms with E-state index in [0.29, 0.717) is 27.9 Å². The van der Waals surface area contributed by atoms with Crippen LogP contribution in [0.1, 0.15) is 36.5 Å². The Morgan fingerprint density at radius 3 is 2.34 bits per heavy atom. The number of amides is 2. The van der Waals surface area contributed by atoms with Crippen molar-refractivity contribution < 1.29 is 19.1 Å². The van der Waals surface area contributed by atoms with Crippen LogP contribution in [-0.2, 0) is 9.59 Å². The van der Waals surface area contributed by atoms with Crippen LogP contribution >= 0.6 is 11.6 Å². The molecule has 0 aromatic heterocycles. The van der Waals surface area contributed by atoms with Crippen LogP contribution in [0.5, 0.6) is 5.75 Å². The van der Waals surface area contributed by atoms with E-state index in [9.17, 15) is 14.4 Å². The molecule has 6 heteroatoms. The lowest BCUT2D eigenvalue weighted by atomic mass is 9.76. The summed E-state index contributed by atoms with van der Waals surface area (Å²) in [6, 6.07) is 13.4. The number of carbonyl (C=O) groups excluding carboxylic acids is 3. The fourth-order valence-electron chi connectivity index (χ4n) is 4.20. The Hall–Kier alpha value is -2.66. The molecule has 0 unspecified atom stereocenters. The first-order chi connectivity index (χ1) is 13.9. The summed E-state index contributed by atoms with van der Waals surface area (Å²) >= 11 is 5.83. The Morgan fingerprint density at radius 1 is 1.00 bits per heavy atom.